The van der Waals surface area contributed by atoms with E-state index in [0.717, 1.165) is 11.8 Å². The summed E-state index contributed by atoms with van der Waals surface area (Å²) in [5.74, 6) is 1.90. The number of rotatable bonds is 2. The molecule has 0 radical (unpaired) electrons. The molecule has 0 aliphatic heterocycles. The Hall–Kier alpha value is -0.570. The van der Waals surface area contributed by atoms with Gasteiger partial charge in [0, 0.05) is 6.04 Å². The molecule has 0 aromatic carbocycles. The first-order chi connectivity index (χ1) is 6.77. The van der Waals surface area contributed by atoms with E-state index in [1.165, 1.54) is 32.1 Å². The van der Waals surface area contributed by atoms with Gasteiger partial charge in [0.2, 0.25) is 0 Å². The molecular formula is C11H21NO2. The van der Waals surface area contributed by atoms with Gasteiger partial charge in [-0.05, 0) is 38.0 Å². The lowest BCUT2D eigenvalue weighted by Crippen LogP contribution is -2.40. The van der Waals surface area contributed by atoms with E-state index in [-0.39, 0.29) is 0 Å². The molecule has 2 N–H and O–H groups in total. The lowest BCUT2D eigenvalue weighted by atomic mass is 9.68. The smallest absolute Gasteiger partial charge is 0.293 e. The van der Waals surface area contributed by atoms with Crippen molar-refractivity contribution in [3.8, 4) is 0 Å². The highest BCUT2D eigenvalue weighted by atomic mass is 16.5. The highest BCUT2D eigenvalue weighted by Crippen LogP contribution is 2.40. The molecule has 2 bridgehead atoms. The van der Waals surface area contributed by atoms with Crippen LogP contribution in [0.15, 0.2) is 0 Å². The third kappa shape index (κ3) is 3.29. The molecule has 3 saturated carbocycles. The maximum Gasteiger partial charge on any atom is 0.293 e. The molecule has 0 heterocycles. The Morgan fingerprint density at radius 2 is 2.00 bits per heavy atom. The van der Waals surface area contributed by atoms with E-state index in [0.29, 0.717) is 19.1 Å². The van der Waals surface area contributed by atoms with Crippen molar-refractivity contribution >= 4 is 6.47 Å². The van der Waals surface area contributed by atoms with E-state index in [1.54, 1.807) is 6.92 Å². The van der Waals surface area contributed by atoms with Crippen molar-refractivity contribution < 1.29 is 9.53 Å². The molecule has 0 aromatic heterocycles. The van der Waals surface area contributed by atoms with E-state index in [4.69, 9.17) is 5.73 Å². The predicted octanol–water partition coefficient (Wildman–Crippen LogP) is 1.70. The lowest BCUT2D eigenvalue weighted by molar-refractivity contribution is -0.128. The number of fused-ring (bicyclic) bond motifs is 3. The summed E-state index contributed by atoms with van der Waals surface area (Å²) in [6, 6.07) is 0.567. The summed E-state index contributed by atoms with van der Waals surface area (Å²) in [5, 5.41) is 0. The van der Waals surface area contributed by atoms with Crippen molar-refractivity contribution in [2.45, 2.75) is 45.1 Å². The van der Waals surface area contributed by atoms with Crippen LogP contribution in [0.2, 0.25) is 0 Å². The fraction of sp³-hybridized carbons (Fsp3) is 0.909. The highest BCUT2D eigenvalue weighted by Gasteiger charge is 2.32. The third-order valence-corrected chi connectivity index (χ3v) is 3.34. The number of nitrogens with two attached hydrogens (primary N) is 1. The van der Waals surface area contributed by atoms with Crippen molar-refractivity contribution in [1.82, 2.24) is 0 Å². The molecule has 1 atom stereocenters. The Morgan fingerprint density at radius 3 is 2.14 bits per heavy atom. The molecule has 0 spiro atoms. The van der Waals surface area contributed by atoms with Gasteiger partial charge in [0.1, 0.15) is 0 Å². The van der Waals surface area contributed by atoms with Crippen LogP contribution in [0, 0.1) is 11.8 Å². The fourth-order valence-electron chi connectivity index (χ4n) is 2.50. The van der Waals surface area contributed by atoms with E-state index in [2.05, 4.69) is 4.74 Å². The molecule has 3 fully saturated rings. The average molecular weight is 199 g/mol. The minimum atomic E-state index is 0.431. The topological polar surface area (TPSA) is 52.3 Å². The molecule has 3 aliphatic rings. The monoisotopic (exact) mass is 199 g/mol. The minimum Gasteiger partial charge on any atom is -0.468 e. The summed E-state index contributed by atoms with van der Waals surface area (Å²) < 4.78 is 4.15. The number of carbonyl (C=O) groups is 1. The minimum absolute atomic E-state index is 0.431. The van der Waals surface area contributed by atoms with Crippen LogP contribution >= 0.6 is 0 Å². The molecule has 82 valence electrons. The number of hydrogen-bond donors (Lipinski definition) is 1. The van der Waals surface area contributed by atoms with Gasteiger partial charge in [0.15, 0.2) is 0 Å². The summed E-state index contributed by atoms with van der Waals surface area (Å²) in [4.78, 5) is 9.18. The average Bonchev–Trinajstić information content (AvgIpc) is 2.21. The summed E-state index contributed by atoms with van der Waals surface area (Å²) >= 11 is 0. The Balaban J connectivity index is 0.000000171. The van der Waals surface area contributed by atoms with Crippen LogP contribution in [-0.2, 0) is 9.53 Å². The summed E-state index contributed by atoms with van der Waals surface area (Å²) in [6.45, 7) is 2.66. The fourth-order valence-corrected chi connectivity index (χ4v) is 2.50. The Labute approximate surface area is 86.0 Å². The Bertz CT molecular complexity index is 165. The van der Waals surface area contributed by atoms with Crippen LogP contribution in [0.4, 0.5) is 0 Å². The Morgan fingerprint density at radius 1 is 1.36 bits per heavy atom. The number of ether oxygens (including phenoxy) is 1. The normalized spacial score (nSPS) is 34.3. The quantitative estimate of drug-likeness (QED) is 0.689. The zero-order valence-electron chi connectivity index (χ0n) is 8.95. The predicted molar refractivity (Wildman–Crippen MR) is 55.7 cm³/mol. The number of carbonyl (C=O) groups excluding carboxylic acids is 1. The van der Waals surface area contributed by atoms with Gasteiger partial charge in [-0.2, -0.15) is 0 Å². The van der Waals surface area contributed by atoms with Crippen molar-refractivity contribution in [2.24, 2.45) is 17.6 Å². The summed E-state index contributed by atoms with van der Waals surface area (Å²) in [5.41, 5.74) is 5.92. The van der Waals surface area contributed by atoms with Gasteiger partial charge < -0.3 is 10.5 Å². The molecule has 14 heavy (non-hydrogen) atoms. The third-order valence-electron chi connectivity index (χ3n) is 3.34. The first-order valence-electron chi connectivity index (χ1n) is 5.58. The lowest BCUT2D eigenvalue weighted by Gasteiger charge is -2.40. The van der Waals surface area contributed by atoms with E-state index >= 15 is 0 Å². The largest absolute Gasteiger partial charge is 0.468 e. The maximum absolute atomic E-state index is 9.18. The first-order valence-corrected chi connectivity index (χ1v) is 5.58. The van der Waals surface area contributed by atoms with Crippen LogP contribution in [0.25, 0.3) is 0 Å². The van der Waals surface area contributed by atoms with Gasteiger partial charge in [-0.15, -0.1) is 0 Å². The zero-order chi connectivity index (χ0) is 10.4. The Kier molecular flexibility index (Phi) is 4.94. The van der Waals surface area contributed by atoms with E-state index in [1.807, 2.05) is 0 Å². The molecule has 3 aliphatic carbocycles. The maximum atomic E-state index is 9.18. The molecule has 0 amide bonds. The van der Waals surface area contributed by atoms with Crippen molar-refractivity contribution in [2.75, 3.05) is 6.61 Å². The van der Waals surface area contributed by atoms with E-state index in [9.17, 15) is 4.79 Å². The molecular weight excluding hydrogens is 178 g/mol. The molecule has 3 heteroatoms. The van der Waals surface area contributed by atoms with Crippen LogP contribution in [0.3, 0.4) is 0 Å². The van der Waals surface area contributed by atoms with Crippen LogP contribution in [-0.4, -0.2) is 19.1 Å². The van der Waals surface area contributed by atoms with Gasteiger partial charge in [0.25, 0.3) is 6.47 Å². The van der Waals surface area contributed by atoms with Crippen LogP contribution in [0.1, 0.15) is 39.0 Å². The molecule has 3 rings (SSSR count). The second-order valence-corrected chi connectivity index (χ2v) is 4.23. The second kappa shape index (κ2) is 6.02. The molecule has 0 saturated heterocycles. The SMILES string of the molecule is CCOC=O.NC1CC2CCC1CC2. The van der Waals surface area contributed by atoms with Crippen LogP contribution in [0.5, 0.6) is 0 Å². The van der Waals surface area contributed by atoms with Gasteiger partial charge in [-0.3, -0.25) is 4.79 Å². The van der Waals surface area contributed by atoms with Crippen molar-refractivity contribution in [1.29, 1.82) is 0 Å². The summed E-state index contributed by atoms with van der Waals surface area (Å²) in [7, 11) is 0. The van der Waals surface area contributed by atoms with Gasteiger partial charge >= 0.3 is 0 Å². The molecule has 3 nitrogen and oxygen atoms in total. The van der Waals surface area contributed by atoms with E-state index < -0.39 is 0 Å². The van der Waals surface area contributed by atoms with Crippen molar-refractivity contribution in [3.05, 3.63) is 0 Å². The summed E-state index contributed by atoms with van der Waals surface area (Å²) in [6.07, 6.45) is 7.11. The molecule has 0 aromatic rings. The van der Waals surface area contributed by atoms with Crippen molar-refractivity contribution in [3.63, 3.8) is 0 Å². The first kappa shape index (κ1) is 11.5. The molecule has 1 unspecified atom stereocenters. The zero-order valence-corrected chi connectivity index (χ0v) is 8.95. The van der Waals surface area contributed by atoms with Gasteiger partial charge in [0.05, 0.1) is 6.61 Å². The second-order valence-electron chi connectivity index (χ2n) is 4.23. The van der Waals surface area contributed by atoms with Crippen LogP contribution < -0.4 is 5.73 Å². The highest BCUT2D eigenvalue weighted by molar-refractivity contribution is 5.36. The number of hydrogen-bond acceptors (Lipinski definition) is 3. The van der Waals surface area contributed by atoms with Gasteiger partial charge in [-0.25, -0.2) is 0 Å². The van der Waals surface area contributed by atoms with Gasteiger partial charge in [-0.1, -0.05) is 12.8 Å². The standard InChI is InChI=1S/C8H15N.C3H6O2/c9-8-5-6-1-3-7(8)4-2-6;1-2-5-3-4/h6-8H,1-5,9H2;3H,2H2,1H3.